The van der Waals surface area contributed by atoms with Crippen molar-refractivity contribution in [3.63, 3.8) is 0 Å². The van der Waals surface area contributed by atoms with Crippen molar-refractivity contribution < 1.29 is 28.7 Å². The molecule has 2 amide bonds. The molecule has 1 aromatic heterocycles. The van der Waals surface area contributed by atoms with Gasteiger partial charge < -0.3 is 24.9 Å². The minimum atomic E-state index is -0.897. The first-order chi connectivity index (χ1) is 25.6. The van der Waals surface area contributed by atoms with Crippen molar-refractivity contribution in [3.05, 3.63) is 130 Å². The van der Waals surface area contributed by atoms with E-state index in [4.69, 9.17) is 19.3 Å². The molecule has 0 spiro atoms. The minimum Gasteiger partial charge on any atom is -0.455 e. The van der Waals surface area contributed by atoms with E-state index in [0.29, 0.717) is 24.1 Å². The number of nitrogens with one attached hydrogen (secondary N) is 2. The number of oxime groups is 1. The van der Waals surface area contributed by atoms with E-state index in [2.05, 4.69) is 52.2 Å². The van der Waals surface area contributed by atoms with Gasteiger partial charge in [0.05, 0.1) is 6.61 Å². The molecule has 3 aliphatic heterocycles. The molecule has 4 heterocycles. The number of nitrogens with zero attached hydrogens (tertiary/aromatic N) is 3. The summed E-state index contributed by atoms with van der Waals surface area (Å²) in [5.41, 5.74) is 2.71. The van der Waals surface area contributed by atoms with Crippen LogP contribution in [-0.4, -0.2) is 76.5 Å². The first-order valence-corrected chi connectivity index (χ1v) is 19.3. The van der Waals surface area contributed by atoms with Gasteiger partial charge in [0.2, 0.25) is 0 Å². The number of β-lactam (4-membered cyclic amide) rings is 1. The molecule has 2 saturated heterocycles. The predicted molar refractivity (Wildman–Crippen MR) is 205 cm³/mol. The lowest BCUT2D eigenvalue weighted by Gasteiger charge is -2.50. The molecule has 0 saturated carbocycles. The second-order valence-electron chi connectivity index (χ2n) is 13.9. The Morgan fingerprint density at radius 3 is 2.08 bits per heavy atom. The molecule has 0 aliphatic carbocycles. The highest BCUT2D eigenvalue weighted by Gasteiger charge is 2.55. The fraction of sp³-hybridized carbons (Fsp3) is 0.325. The molecule has 2 N–H and O–H groups in total. The summed E-state index contributed by atoms with van der Waals surface area (Å²) in [4.78, 5) is 52.7. The van der Waals surface area contributed by atoms with Gasteiger partial charge in [-0.3, -0.25) is 14.5 Å². The lowest BCUT2D eigenvalue weighted by Crippen LogP contribution is -2.71. The third-order valence-electron chi connectivity index (χ3n) is 9.36. The Bertz CT molecular complexity index is 1930. The highest BCUT2D eigenvalue weighted by atomic mass is 32.2. The number of thioether (sulfide) groups is 1. The van der Waals surface area contributed by atoms with Gasteiger partial charge in [0, 0.05) is 23.7 Å². The average molecular weight is 752 g/mol. The highest BCUT2D eigenvalue weighted by Crippen LogP contribution is 2.45. The normalized spacial score (nSPS) is 20.4. The van der Waals surface area contributed by atoms with Crippen LogP contribution in [-0.2, 0) is 34.2 Å². The number of esters is 1. The van der Waals surface area contributed by atoms with Gasteiger partial charge in [-0.15, -0.1) is 23.1 Å². The second-order valence-corrected chi connectivity index (χ2v) is 15.9. The summed E-state index contributed by atoms with van der Waals surface area (Å²) in [6.45, 7) is 6.46. The number of hydrogen-bond acceptors (Lipinski definition) is 11. The number of carbonyl (C=O) groups excluding carboxylic acids is 3. The number of amides is 2. The van der Waals surface area contributed by atoms with Crippen molar-refractivity contribution in [2.45, 2.75) is 49.7 Å². The van der Waals surface area contributed by atoms with Crippen molar-refractivity contribution in [1.29, 1.82) is 0 Å². The van der Waals surface area contributed by atoms with E-state index in [-0.39, 0.29) is 23.0 Å². The Labute approximate surface area is 316 Å². The maximum Gasteiger partial charge on any atom is 0.355 e. The summed E-state index contributed by atoms with van der Waals surface area (Å²) < 4.78 is 11.4. The maximum absolute atomic E-state index is 13.9. The summed E-state index contributed by atoms with van der Waals surface area (Å²) >= 11 is 2.82. The molecule has 1 unspecified atom stereocenters. The highest BCUT2D eigenvalue weighted by molar-refractivity contribution is 8.00. The molecule has 11 nitrogen and oxygen atoms in total. The maximum atomic E-state index is 13.9. The third-order valence-corrected chi connectivity index (χ3v) is 11.4. The quantitative estimate of drug-likeness (QED) is 0.0630. The van der Waals surface area contributed by atoms with Crippen LogP contribution in [0.3, 0.4) is 0 Å². The number of carbonyl (C=O) groups is 3. The van der Waals surface area contributed by atoms with Gasteiger partial charge in [-0.25, -0.2) is 9.78 Å². The second kappa shape index (κ2) is 15.2. The van der Waals surface area contributed by atoms with Crippen LogP contribution in [0.4, 0.5) is 5.13 Å². The van der Waals surface area contributed by atoms with Gasteiger partial charge in [-0.05, 0) is 49.5 Å². The van der Waals surface area contributed by atoms with E-state index in [1.165, 1.54) is 35.1 Å². The summed E-state index contributed by atoms with van der Waals surface area (Å²) in [5, 5.41) is 12.4. The molecular formula is C40H41N5O6S2. The lowest BCUT2D eigenvalue weighted by molar-refractivity contribution is -0.158. The average Bonchev–Trinajstić information content (AvgIpc) is 3.88. The molecule has 3 aromatic carbocycles. The smallest absolute Gasteiger partial charge is 0.355 e. The van der Waals surface area contributed by atoms with Crippen LogP contribution in [0.15, 0.2) is 113 Å². The molecule has 274 valence electrons. The van der Waals surface area contributed by atoms with E-state index >= 15 is 0 Å². The van der Waals surface area contributed by atoms with Crippen LogP contribution in [0.25, 0.3) is 0 Å². The van der Waals surface area contributed by atoms with E-state index in [1.54, 1.807) is 26.2 Å². The zero-order valence-electron chi connectivity index (χ0n) is 29.9. The Balaban J connectivity index is 1.15. The predicted octanol–water partition coefficient (Wildman–Crippen LogP) is 5.93. The van der Waals surface area contributed by atoms with Crippen LogP contribution < -0.4 is 10.6 Å². The van der Waals surface area contributed by atoms with Gasteiger partial charge in [-0.1, -0.05) is 96.2 Å². The summed E-state index contributed by atoms with van der Waals surface area (Å²) in [5.74, 6) is -1.05. The van der Waals surface area contributed by atoms with E-state index in [1.807, 2.05) is 54.6 Å². The number of thiazole rings is 1. The van der Waals surface area contributed by atoms with Crippen LogP contribution in [0, 0.1) is 5.92 Å². The van der Waals surface area contributed by atoms with Crippen molar-refractivity contribution in [2.24, 2.45) is 11.1 Å². The fourth-order valence-electron chi connectivity index (χ4n) is 6.97. The summed E-state index contributed by atoms with van der Waals surface area (Å²) in [7, 11) is 1.35. The first-order valence-electron chi connectivity index (χ1n) is 17.4. The number of ether oxygens (including phenoxy) is 2. The molecule has 7 rings (SSSR count). The number of hydrogen-bond donors (Lipinski definition) is 2. The van der Waals surface area contributed by atoms with Crippen LogP contribution in [0.1, 0.15) is 49.6 Å². The zero-order valence-corrected chi connectivity index (χ0v) is 31.5. The molecule has 53 heavy (non-hydrogen) atoms. The number of aromatic nitrogens is 1. The SMILES string of the molecule is CON=C(C(=O)N[C@@H]1C(=O)N2C(C(=O)OC(C)(C)C)=C(C3CCOC3)CS[C@H]12)c1csc(NC(c2ccccc2)(c2ccccc2)c2ccccc2)n1. The molecule has 0 radical (unpaired) electrons. The Kier molecular flexibility index (Phi) is 10.4. The van der Waals surface area contributed by atoms with Crippen molar-refractivity contribution >= 4 is 51.7 Å². The van der Waals surface area contributed by atoms with Gasteiger partial charge in [-0.2, -0.15) is 0 Å². The Hall–Kier alpha value is -4.98. The van der Waals surface area contributed by atoms with Crippen molar-refractivity contribution in [3.8, 4) is 0 Å². The molecule has 3 aliphatic rings. The third kappa shape index (κ3) is 7.20. The van der Waals surface area contributed by atoms with E-state index in [0.717, 1.165) is 28.7 Å². The Morgan fingerprint density at radius 2 is 1.55 bits per heavy atom. The first kappa shape index (κ1) is 36.4. The summed E-state index contributed by atoms with van der Waals surface area (Å²) in [6, 6.07) is 29.5. The Morgan fingerprint density at radius 1 is 0.943 bits per heavy atom. The van der Waals surface area contributed by atoms with Gasteiger partial charge in [0.15, 0.2) is 10.8 Å². The zero-order chi connectivity index (χ0) is 37.2. The molecular weight excluding hydrogens is 711 g/mol. The molecule has 4 aromatic rings. The lowest BCUT2D eigenvalue weighted by atomic mass is 9.77. The van der Waals surface area contributed by atoms with Gasteiger partial charge in [0.25, 0.3) is 11.8 Å². The summed E-state index contributed by atoms with van der Waals surface area (Å²) in [6.07, 6.45) is 0.763. The molecule has 13 heteroatoms. The van der Waals surface area contributed by atoms with E-state index < -0.39 is 40.3 Å². The number of anilines is 1. The van der Waals surface area contributed by atoms with Crippen molar-refractivity contribution in [2.75, 3.05) is 31.4 Å². The monoisotopic (exact) mass is 751 g/mol. The van der Waals surface area contributed by atoms with Gasteiger partial charge in [0.1, 0.15) is 41.1 Å². The van der Waals surface area contributed by atoms with Crippen LogP contribution >= 0.6 is 23.1 Å². The van der Waals surface area contributed by atoms with Gasteiger partial charge >= 0.3 is 5.97 Å². The number of rotatable bonds is 11. The minimum absolute atomic E-state index is 0.0183. The fourth-order valence-corrected chi connectivity index (χ4v) is 9.18. The molecule has 2 fully saturated rings. The largest absolute Gasteiger partial charge is 0.455 e. The standard InChI is InChI=1S/C40H41N5O6S2/c1-39(2,3)51-37(48)33-29(25-20-21-50-22-25)23-52-36-32(35(47)45(33)36)42-34(46)31(44-49-4)30-24-53-38(41-30)43-40(26-14-8-5-9-15-26,27-16-10-6-11-17-27)28-18-12-7-13-19-28/h5-19,24-25,32,36H,20-23H2,1-4H3,(H,41,43)(H,42,46)/t25?,32-,36-/m1/s1. The van der Waals surface area contributed by atoms with E-state index in [9.17, 15) is 14.4 Å². The van der Waals surface area contributed by atoms with Crippen molar-refractivity contribution in [1.82, 2.24) is 15.2 Å². The number of benzene rings is 3. The molecule has 3 atom stereocenters. The van der Waals surface area contributed by atoms with Crippen LogP contribution in [0.5, 0.6) is 0 Å². The van der Waals surface area contributed by atoms with Crippen LogP contribution in [0.2, 0.25) is 0 Å². The number of fused-ring (bicyclic) bond motifs is 1. The topological polar surface area (TPSA) is 131 Å². The molecule has 0 bridgehead atoms.